The van der Waals surface area contributed by atoms with Gasteiger partial charge in [0.25, 0.3) is 0 Å². The van der Waals surface area contributed by atoms with Crippen LogP contribution in [0.4, 0.5) is 8.78 Å². The molecule has 3 rings (SSSR count). The quantitative estimate of drug-likeness (QED) is 0.138. The average Bonchev–Trinajstić information content (AvgIpc) is 2.98. The van der Waals surface area contributed by atoms with Gasteiger partial charge in [-0.15, -0.1) is 5.48 Å². The first-order chi connectivity index (χ1) is 19.5. The van der Waals surface area contributed by atoms with E-state index in [0.29, 0.717) is 13.2 Å². The minimum absolute atomic E-state index is 0.172. The number of carbonyl (C=O) groups is 1. The summed E-state index contributed by atoms with van der Waals surface area (Å²) in [6.45, 7) is 0.325. The fourth-order valence-corrected chi connectivity index (χ4v) is 3.55. The highest BCUT2D eigenvalue weighted by Gasteiger charge is 2.24. The lowest BCUT2D eigenvalue weighted by atomic mass is 10.00. The third kappa shape index (κ3) is 9.54. The largest absolute Gasteiger partial charge is 0.464 e. The summed E-state index contributed by atoms with van der Waals surface area (Å²) in [6.07, 6.45) is -0.586. The molecule has 0 aliphatic carbocycles. The van der Waals surface area contributed by atoms with Crippen molar-refractivity contribution < 1.29 is 46.8 Å². The fourth-order valence-electron chi connectivity index (χ4n) is 3.55. The van der Waals surface area contributed by atoms with Crippen LogP contribution in [0.1, 0.15) is 22.7 Å². The molecular weight excluding hydrogens is 528 g/mol. The van der Waals surface area contributed by atoms with Gasteiger partial charge in [0, 0.05) is 19.8 Å². The molecule has 0 heterocycles. The SMILES string of the molecule is COCCOCOc1cc(CC(=O)ONC(c2ccccc2)c2ccccc2)c(F)c(F)c1OCOCCOC. The van der Waals surface area contributed by atoms with Crippen molar-refractivity contribution in [1.82, 2.24) is 5.48 Å². The summed E-state index contributed by atoms with van der Waals surface area (Å²) < 4.78 is 61.0. The van der Waals surface area contributed by atoms with Crippen LogP contribution in [0, 0.1) is 11.6 Å². The van der Waals surface area contributed by atoms with Crippen molar-refractivity contribution in [2.45, 2.75) is 12.5 Å². The molecule has 216 valence electrons. The Balaban J connectivity index is 1.72. The number of ether oxygens (including phenoxy) is 6. The smallest absolute Gasteiger partial charge is 0.329 e. The van der Waals surface area contributed by atoms with E-state index in [1.807, 2.05) is 60.7 Å². The summed E-state index contributed by atoms with van der Waals surface area (Å²) >= 11 is 0. The Labute approximate surface area is 231 Å². The maximum absolute atomic E-state index is 15.0. The van der Waals surface area contributed by atoms with Gasteiger partial charge in [0.05, 0.1) is 38.9 Å². The maximum Gasteiger partial charge on any atom is 0.329 e. The third-order valence-electron chi connectivity index (χ3n) is 5.54. The molecule has 3 aromatic carbocycles. The van der Waals surface area contributed by atoms with E-state index in [1.165, 1.54) is 14.2 Å². The molecule has 0 atom stereocenters. The third-order valence-corrected chi connectivity index (χ3v) is 5.54. The van der Waals surface area contributed by atoms with Crippen LogP contribution in [0.3, 0.4) is 0 Å². The lowest BCUT2D eigenvalue weighted by Crippen LogP contribution is -2.27. The summed E-state index contributed by atoms with van der Waals surface area (Å²) in [6, 6.07) is 19.4. The Morgan fingerprint density at radius 2 is 1.32 bits per heavy atom. The Hall–Kier alpha value is -3.61. The van der Waals surface area contributed by atoms with Crippen molar-refractivity contribution in [2.24, 2.45) is 0 Å². The van der Waals surface area contributed by atoms with Gasteiger partial charge in [-0.1, -0.05) is 60.7 Å². The number of hydroxylamine groups is 1. The van der Waals surface area contributed by atoms with Crippen molar-refractivity contribution in [3.63, 3.8) is 0 Å². The first kappa shape index (κ1) is 30.9. The summed E-state index contributed by atoms with van der Waals surface area (Å²) in [4.78, 5) is 18.0. The Morgan fingerprint density at radius 3 is 1.88 bits per heavy atom. The number of nitrogens with one attached hydrogen (secondary N) is 1. The molecule has 0 aliphatic rings. The molecule has 0 aromatic heterocycles. The predicted octanol–water partition coefficient (Wildman–Crippen LogP) is 4.34. The van der Waals surface area contributed by atoms with E-state index in [-0.39, 0.29) is 38.1 Å². The standard InChI is InChI=1S/C29H33F2NO8/c1-34-13-15-36-19-38-24-17-23(26(30)27(31)29(24)39-20-37-16-14-35-2)18-25(33)40-32-28(21-9-5-3-6-10-21)22-11-7-4-8-12-22/h3-12,17,28,32H,13-16,18-20H2,1-2H3. The normalized spacial score (nSPS) is 11.0. The molecule has 0 amide bonds. The van der Waals surface area contributed by atoms with Gasteiger partial charge in [0.1, 0.15) is 0 Å². The van der Waals surface area contributed by atoms with E-state index in [2.05, 4.69) is 5.48 Å². The van der Waals surface area contributed by atoms with Crippen LogP contribution in [0.5, 0.6) is 11.5 Å². The molecule has 0 aliphatic heterocycles. The molecule has 40 heavy (non-hydrogen) atoms. The van der Waals surface area contributed by atoms with E-state index in [9.17, 15) is 4.79 Å². The monoisotopic (exact) mass is 561 g/mol. The van der Waals surface area contributed by atoms with Gasteiger partial charge in [-0.25, -0.2) is 4.39 Å². The van der Waals surface area contributed by atoms with Crippen molar-refractivity contribution in [2.75, 3.05) is 54.2 Å². The van der Waals surface area contributed by atoms with E-state index in [1.54, 1.807) is 0 Å². The minimum Gasteiger partial charge on any atom is -0.464 e. The first-order valence-electron chi connectivity index (χ1n) is 12.5. The molecule has 0 radical (unpaired) electrons. The highest BCUT2D eigenvalue weighted by Crippen LogP contribution is 2.35. The molecule has 0 spiro atoms. The van der Waals surface area contributed by atoms with Crippen molar-refractivity contribution in [1.29, 1.82) is 0 Å². The highest BCUT2D eigenvalue weighted by molar-refractivity contribution is 5.73. The van der Waals surface area contributed by atoms with Gasteiger partial charge < -0.3 is 33.3 Å². The summed E-state index contributed by atoms with van der Waals surface area (Å²) in [5.74, 6) is -4.15. The van der Waals surface area contributed by atoms with Gasteiger partial charge in [-0.2, -0.15) is 4.39 Å². The fraction of sp³-hybridized carbons (Fsp3) is 0.345. The number of rotatable bonds is 18. The van der Waals surface area contributed by atoms with Crippen LogP contribution in [-0.4, -0.2) is 60.2 Å². The molecular formula is C29H33F2NO8. The van der Waals surface area contributed by atoms with Gasteiger partial charge in [-0.3, -0.25) is 4.79 Å². The topological polar surface area (TPSA) is 93.7 Å². The average molecular weight is 562 g/mol. The lowest BCUT2D eigenvalue weighted by molar-refractivity contribution is -0.151. The molecule has 0 fully saturated rings. The molecule has 0 unspecified atom stereocenters. The van der Waals surface area contributed by atoms with Crippen LogP contribution in [0.15, 0.2) is 66.7 Å². The predicted molar refractivity (Wildman–Crippen MR) is 141 cm³/mol. The number of methoxy groups -OCH3 is 2. The molecule has 9 nitrogen and oxygen atoms in total. The number of hydrogen-bond donors (Lipinski definition) is 1. The summed E-state index contributed by atoms with van der Waals surface area (Å²) in [5, 5.41) is 0. The Bertz CT molecular complexity index is 1130. The van der Waals surface area contributed by atoms with Crippen LogP contribution in [0.2, 0.25) is 0 Å². The second-order valence-corrected chi connectivity index (χ2v) is 8.34. The van der Waals surface area contributed by atoms with Gasteiger partial charge in [0.15, 0.2) is 25.2 Å². The number of halogens is 2. The molecule has 0 saturated heterocycles. The molecule has 11 heteroatoms. The van der Waals surface area contributed by atoms with Crippen LogP contribution >= 0.6 is 0 Å². The van der Waals surface area contributed by atoms with Crippen LogP contribution in [-0.2, 0) is 35.0 Å². The van der Waals surface area contributed by atoms with Crippen molar-refractivity contribution in [3.8, 4) is 11.5 Å². The highest BCUT2D eigenvalue weighted by atomic mass is 19.2. The van der Waals surface area contributed by atoms with Crippen molar-refractivity contribution in [3.05, 3.63) is 95.1 Å². The zero-order chi connectivity index (χ0) is 28.6. The number of benzene rings is 3. The van der Waals surface area contributed by atoms with Crippen LogP contribution in [0.25, 0.3) is 0 Å². The molecule has 0 bridgehead atoms. The Morgan fingerprint density at radius 1 is 0.775 bits per heavy atom. The van der Waals surface area contributed by atoms with Crippen LogP contribution < -0.4 is 15.0 Å². The second kappa shape index (κ2) is 17.2. The molecule has 3 aromatic rings. The summed E-state index contributed by atoms with van der Waals surface area (Å²) in [5.41, 5.74) is 4.15. The maximum atomic E-state index is 15.0. The van der Waals surface area contributed by atoms with Crippen molar-refractivity contribution >= 4 is 5.97 Å². The van der Waals surface area contributed by atoms with Gasteiger partial charge in [-0.05, 0) is 17.2 Å². The van der Waals surface area contributed by atoms with E-state index >= 15 is 8.78 Å². The first-order valence-corrected chi connectivity index (χ1v) is 12.5. The molecule has 0 saturated carbocycles. The van der Waals surface area contributed by atoms with Gasteiger partial charge in [0.2, 0.25) is 11.6 Å². The van der Waals surface area contributed by atoms with E-state index in [4.69, 9.17) is 33.3 Å². The summed E-state index contributed by atoms with van der Waals surface area (Å²) in [7, 11) is 3.01. The Kier molecular flexibility index (Phi) is 13.3. The van der Waals surface area contributed by atoms with E-state index in [0.717, 1.165) is 17.2 Å². The van der Waals surface area contributed by atoms with E-state index < -0.39 is 35.8 Å². The second-order valence-electron chi connectivity index (χ2n) is 8.34. The lowest BCUT2D eigenvalue weighted by Gasteiger charge is -2.19. The molecule has 1 N–H and O–H groups in total. The number of hydrogen-bond acceptors (Lipinski definition) is 9. The zero-order valence-electron chi connectivity index (χ0n) is 22.4. The van der Waals surface area contributed by atoms with Gasteiger partial charge >= 0.3 is 5.97 Å². The number of carbonyl (C=O) groups excluding carboxylic acids is 1. The zero-order valence-corrected chi connectivity index (χ0v) is 22.4. The minimum atomic E-state index is -1.34.